The molecule has 0 heterocycles. The molecular weight excluding hydrogens is 232 g/mol. The van der Waals surface area contributed by atoms with Crippen LogP contribution in [0.4, 0.5) is 0 Å². The molecule has 0 aromatic carbocycles. The number of nitrogens with one attached hydrogen (secondary N) is 1. The molecule has 4 N–H and O–H groups in total. The number of rotatable bonds is 5. The van der Waals surface area contributed by atoms with E-state index in [9.17, 15) is 19.2 Å². The van der Waals surface area contributed by atoms with Crippen molar-refractivity contribution in [3.05, 3.63) is 0 Å². The monoisotopic (exact) mass is 244 g/mol. The summed E-state index contributed by atoms with van der Waals surface area (Å²) in [4.78, 5) is 43.7. The molecule has 1 aliphatic carbocycles. The number of ether oxygens (including phenoxy) is 1. The zero-order valence-corrected chi connectivity index (χ0v) is 8.95. The van der Waals surface area contributed by atoms with Gasteiger partial charge in [0.2, 0.25) is 11.8 Å². The first-order valence-corrected chi connectivity index (χ1v) is 4.78. The van der Waals surface area contributed by atoms with Gasteiger partial charge < -0.3 is 20.9 Å². The SMILES string of the molecule is CNC(=O)C1C(OC=O)C(C(N)=O)C1C(=O)O. The summed E-state index contributed by atoms with van der Waals surface area (Å²) < 4.78 is 4.56. The van der Waals surface area contributed by atoms with Crippen LogP contribution in [0.2, 0.25) is 0 Å². The Bertz CT molecular complexity index is 368. The van der Waals surface area contributed by atoms with Crippen LogP contribution < -0.4 is 11.1 Å². The average Bonchev–Trinajstić information content (AvgIpc) is 2.22. The second kappa shape index (κ2) is 4.81. The van der Waals surface area contributed by atoms with Gasteiger partial charge in [0.25, 0.3) is 6.47 Å². The smallest absolute Gasteiger partial charge is 0.308 e. The molecule has 2 amide bonds. The summed E-state index contributed by atoms with van der Waals surface area (Å²) in [5.41, 5.74) is 5.02. The van der Waals surface area contributed by atoms with Crippen molar-refractivity contribution in [1.29, 1.82) is 0 Å². The molecule has 8 heteroatoms. The maximum Gasteiger partial charge on any atom is 0.308 e. The first-order chi connectivity index (χ1) is 7.95. The van der Waals surface area contributed by atoms with Crippen molar-refractivity contribution >= 4 is 24.3 Å². The Morgan fingerprint density at radius 3 is 2.24 bits per heavy atom. The fraction of sp³-hybridized carbons (Fsp3) is 0.556. The molecule has 1 aliphatic rings. The summed E-state index contributed by atoms with van der Waals surface area (Å²) in [6.07, 6.45) is -1.12. The molecule has 0 radical (unpaired) electrons. The molecule has 0 spiro atoms. The molecule has 4 unspecified atom stereocenters. The topological polar surface area (TPSA) is 136 Å². The van der Waals surface area contributed by atoms with Crippen LogP contribution in [0.5, 0.6) is 0 Å². The van der Waals surface area contributed by atoms with Gasteiger partial charge in [-0.05, 0) is 0 Å². The number of carbonyl (C=O) groups excluding carboxylic acids is 3. The zero-order valence-electron chi connectivity index (χ0n) is 8.95. The largest absolute Gasteiger partial charge is 0.481 e. The Hall–Kier alpha value is -2.12. The number of hydrogen-bond acceptors (Lipinski definition) is 5. The highest BCUT2D eigenvalue weighted by atomic mass is 16.5. The number of primary amides is 1. The maximum atomic E-state index is 11.4. The summed E-state index contributed by atoms with van der Waals surface area (Å²) >= 11 is 0. The lowest BCUT2D eigenvalue weighted by atomic mass is 9.61. The number of carboxylic acid groups (broad SMARTS) is 1. The second-order valence-corrected chi connectivity index (χ2v) is 3.63. The molecule has 0 aromatic heterocycles. The predicted octanol–water partition coefficient (Wildman–Crippen LogP) is -2.29. The summed E-state index contributed by atoms with van der Waals surface area (Å²) in [6, 6.07) is 0. The fourth-order valence-electron chi connectivity index (χ4n) is 2.07. The Morgan fingerprint density at radius 1 is 1.29 bits per heavy atom. The minimum atomic E-state index is -1.33. The van der Waals surface area contributed by atoms with E-state index >= 15 is 0 Å². The third kappa shape index (κ3) is 2.05. The van der Waals surface area contributed by atoms with E-state index in [1.165, 1.54) is 7.05 Å². The van der Waals surface area contributed by atoms with E-state index < -0.39 is 41.6 Å². The minimum Gasteiger partial charge on any atom is -0.481 e. The van der Waals surface area contributed by atoms with Crippen LogP contribution in [0.1, 0.15) is 0 Å². The normalized spacial score (nSPS) is 30.9. The molecular formula is C9H12N2O6. The Morgan fingerprint density at radius 2 is 1.88 bits per heavy atom. The van der Waals surface area contributed by atoms with Crippen LogP contribution in [-0.4, -0.2) is 42.5 Å². The Labute approximate surface area is 96.1 Å². The highest BCUT2D eigenvalue weighted by Crippen LogP contribution is 2.42. The molecule has 0 aliphatic heterocycles. The molecule has 8 nitrogen and oxygen atoms in total. The van der Waals surface area contributed by atoms with Gasteiger partial charge in [-0.2, -0.15) is 0 Å². The molecule has 94 valence electrons. The number of nitrogens with two attached hydrogens (primary N) is 1. The van der Waals surface area contributed by atoms with Gasteiger partial charge in [0.05, 0.1) is 17.8 Å². The lowest BCUT2D eigenvalue weighted by molar-refractivity contribution is -0.187. The van der Waals surface area contributed by atoms with E-state index in [1.54, 1.807) is 0 Å². The van der Waals surface area contributed by atoms with Crippen molar-refractivity contribution in [2.24, 2.45) is 23.5 Å². The highest BCUT2D eigenvalue weighted by Gasteiger charge is 2.61. The number of amides is 2. The van der Waals surface area contributed by atoms with Gasteiger partial charge in [-0.25, -0.2) is 0 Å². The molecule has 1 fully saturated rings. The van der Waals surface area contributed by atoms with Crippen LogP contribution in [0.3, 0.4) is 0 Å². The maximum absolute atomic E-state index is 11.4. The summed E-state index contributed by atoms with van der Waals surface area (Å²) in [5.74, 6) is -6.39. The van der Waals surface area contributed by atoms with Gasteiger partial charge in [0, 0.05) is 7.05 Å². The van der Waals surface area contributed by atoms with Gasteiger partial charge in [-0.15, -0.1) is 0 Å². The van der Waals surface area contributed by atoms with E-state index in [4.69, 9.17) is 10.8 Å². The van der Waals surface area contributed by atoms with Crippen LogP contribution >= 0.6 is 0 Å². The van der Waals surface area contributed by atoms with Gasteiger partial charge in [-0.3, -0.25) is 19.2 Å². The van der Waals surface area contributed by atoms with Crippen LogP contribution in [-0.2, 0) is 23.9 Å². The highest BCUT2D eigenvalue weighted by molar-refractivity contribution is 5.94. The lowest BCUT2D eigenvalue weighted by Crippen LogP contribution is -2.64. The van der Waals surface area contributed by atoms with Crippen LogP contribution in [0.15, 0.2) is 0 Å². The minimum absolute atomic E-state index is 0.0641. The third-order valence-electron chi connectivity index (χ3n) is 2.86. The van der Waals surface area contributed by atoms with Gasteiger partial charge in [-0.1, -0.05) is 0 Å². The lowest BCUT2D eigenvalue weighted by Gasteiger charge is -2.45. The Kier molecular flexibility index (Phi) is 3.66. The molecule has 0 bridgehead atoms. The molecule has 0 saturated heterocycles. The van der Waals surface area contributed by atoms with Crippen LogP contribution in [0, 0.1) is 17.8 Å². The third-order valence-corrected chi connectivity index (χ3v) is 2.86. The van der Waals surface area contributed by atoms with Gasteiger partial charge in [0.1, 0.15) is 6.10 Å². The van der Waals surface area contributed by atoms with Crippen LogP contribution in [0.25, 0.3) is 0 Å². The zero-order chi connectivity index (χ0) is 13.2. The molecule has 1 rings (SSSR count). The van der Waals surface area contributed by atoms with E-state index in [0.717, 1.165) is 0 Å². The van der Waals surface area contributed by atoms with Crippen molar-refractivity contribution in [3.63, 3.8) is 0 Å². The van der Waals surface area contributed by atoms with Gasteiger partial charge in [0.15, 0.2) is 0 Å². The quantitative estimate of drug-likeness (QED) is 0.465. The molecule has 0 aromatic rings. The Balaban J connectivity index is 2.99. The van der Waals surface area contributed by atoms with E-state index in [2.05, 4.69) is 10.1 Å². The van der Waals surface area contributed by atoms with Crippen molar-refractivity contribution in [2.45, 2.75) is 6.10 Å². The van der Waals surface area contributed by atoms with Crippen molar-refractivity contribution in [3.8, 4) is 0 Å². The molecule has 1 saturated carbocycles. The molecule has 4 atom stereocenters. The summed E-state index contributed by atoms with van der Waals surface area (Å²) in [6.45, 7) is 0.0641. The molecule has 17 heavy (non-hydrogen) atoms. The van der Waals surface area contributed by atoms with Crippen molar-refractivity contribution in [1.82, 2.24) is 5.32 Å². The standard InChI is InChI=1S/C9H12N2O6/c1-11-8(14)5-3(9(15)16)4(7(10)13)6(5)17-2-12/h2-6H,1H3,(H2,10,13)(H,11,14)(H,15,16). The van der Waals surface area contributed by atoms with E-state index in [1.807, 2.05) is 0 Å². The second-order valence-electron chi connectivity index (χ2n) is 3.63. The van der Waals surface area contributed by atoms with E-state index in [0.29, 0.717) is 0 Å². The predicted molar refractivity (Wildman–Crippen MR) is 52.3 cm³/mol. The first kappa shape index (κ1) is 12.9. The fourth-order valence-corrected chi connectivity index (χ4v) is 2.07. The first-order valence-electron chi connectivity index (χ1n) is 4.78. The number of carbonyl (C=O) groups is 4. The average molecular weight is 244 g/mol. The van der Waals surface area contributed by atoms with Crippen molar-refractivity contribution in [2.75, 3.05) is 7.05 Å². The number of carboxylic acids is 1. The van der Waals surface area contributed by atoms with E-state index in [-0.39, 0.29) is 6.47 Å². The number of aliphatic carboxylic acids is 1. The van der Waals surface area contributed by atoms with Crippen molar-refractivity contribution < 1.29 is 29.0 Å². The van der Waals surface area contributed by atoms with Gasteiger partial charge >= 0.3 is 5.97 Å². The summed E-state index contributed by atoms with van der Waals surface area (Å²) in [7, 11) is 1.32. The summed E-state index contributed by atoms with van der Waals surface area (Å²) in [5, 5.41) is 11.2. The number of hydrogen-bond donors (Lipinski definition) is 3.